The van der Waals surface area contributed by atoms with Crippen LogP contribution in [0.2, 0.25) is 5.02 Å². The van der Waals surface area contributed by atoms with Crippen LogP contribution in [0.25, 0.3) is 32.9 Å². The van der Waals surface area contributed by atoms with E-state index < -0.39 is 0 Å². The number of rotatable bonds is 5. The average molecular weight is 599 g/mol. The molecule has 0 saturated carbocycles. The SMILES string of the molecule is C=CC(=O)N1C[C@H](C)N(c2nc(=O)n3c4c(c(-c5c(C)ccc6[nH]ncc56)c(Cl)cc24)OC[C@H]3Cn2cccn2)C[C@H]1C. The molecule has 11 nitrogen and oxygen atoms in total. The number of aromatic amines is 1. The Morgan fingerprint density at radius 1 is 1.21 bits per heavy atom. The van der Waals surface area contributed by atoms with Gasteiger partial charge in [0, 0.05) is 59.5 Å². The molecule has 2 aliphatic rings. The number of halogens is 1. The van der Waals surface area contributed by atoms with Crippen LogP contribution in [-0.4, -0.2) is 72.1 Å². The number of hydrogen-bond acceptors (Lipinski definition) is 7. The van der Waals surface area contributed by atoms with Gasteiger partial charge in [0.25, 0.3) is 0 Å². The Balaban J connectivity index is 1.48. The Morgan fingerprint density at radius 2 is 2.05 bits per heavy atom. The van der Waals surface area contributed by atoms with Gasteiger partial charge in [-0.1, -0.05) is 24.2 Å². The fraction of sp³-hybridized carbons (Fsp3) is 0.323. The Hall–Kier alpha value is -4.64. The highest BCUT2D eigenvalue weighted by Gasteiger charge is 2.36. The van der Waals surface area contributed by atoms with Crippen LogP contribution in [0.4, 0.5) is 5.82 Å². The topological polar surface area (TPSA) is 114 Å². The Labute approximate surface area is 252 Å². The molecule has 1 amide bonds. The lowest BCUT2D eigenvalue weighted by molar-refractivity contribution is -0.128. The van der Waals surface area contributed by atoms with E-state index in [1.807, 2.05) is 51.2 Å². The summed E-state index contributed by atoms with van der Waals surface area (Å²) in [6.07, 6.45) is 6.70. The van der Waals surface area contributed by atoms with Crippen LogP contribution in [0.3, 0.4) is 0 Å². The number of amides is 1. The van der Waals surface area contributed by atoms with Crippen molar-refractivity contribution in [1.29, 1.82) is 0 Å². The monoisotopic (exact) mass is 598 g/mol. The van der Waals surface area contributed by atoms with Crippen molar-refractivity contribution in [3.63, 3.8) is 0 Å². The van der Waals surface area contributed by atoms with Crippen molar-refractivity contribution in [3.8, 4) is 16.9 Å². The molecule has 0 bridgehead atoms. The number of aromatic nitrogens is 6. The predicted molar refractivity (Wildman–Crippen MR) is 166 cm³/mol. The minimum absolute atomic E-state index is 0.112. The maximum Gasteiger partial charge on any atom is 0.350 e. The molecule has 5 aromatic rings. The number of carbonyl (C=O) groups is 1. The van der Waals surface area contributed by atoms with Gasteiger partial charge in [0.1, 0.15) is 12.4 Å². The summed E-state index contributed by atoms with van der Waals surface area (Å²) in [5, 5.41) is 13.8. The predicted octanol–water partition coefficient (Wildman–Crippen LogP) is 4.34. The molecule has 3 atom stereocenters. The van der Waals surface area contributed by atoms with E-state index in [0.717, 1.165) is 22.0 Å². The Morgan fingerprint density at radius 3 is 2.81 bits per heavy atom. The number of aryl methyl sites for hydroxylation is 1. The largest absolute Gasteiger partial charge is 0.488 e. The first kappa shape index (κ1) is 27.2. The first-order valence-electron chi connectivity index (χ1n) is 14.3. The molecule has 0 aliphatic carbocycles. The number of piperazine rings is 1. The van der Waals surface area contributed by atoms with Crippen LogP contribution in [0.1, 0.15) is 25.5 Å². The van der Waals surface area contributed by atoms with E-state index in [0.29, 0.717) is 52.7 Å². The van der Waals surface area contributed by atoms with Gasteiger partial charge < -0.3 is 14.5 Å². The van der Waals surface area contributed by atoms with Crippen LogP contribution in [0.5, 0.6) is 5.75 Å². The van der Waals surface area contributed by atoms with Crippen molar-refractivity contribution in [2.75, 3.05) is 24.6 Å². The first-order valence-corrected chi connectivity index (χ1v) is 14.7. The van der Waals surface area contributed by atoms with Gasteiger partial charge in [0.05, 0.1) is 34.8 Å². The molecule has 0 radical (unpaired) electrons. The first-order chi connectivity index (χ1) is 20.8. The second kappa shape index (κ2) is 10.3. The lowest BCUT2D eigenvalue weighted by atomic mass is 9.94. The minimum Gasteiger partial charge on any atom is -0.488 e. The van der Waals surface area contributed by atoms with Gasteiger partial charge in [-0.05, 0) is 50.6 Å². The molecule has 0 spiro atoms. The zero-order valence-electron chi connectivity index (χ0n) is 24.1. The molecule has 1 saturated heterocycles. The fourth-order valence-corrected chi connectivity index (χ4v) is 6.86. The van der Waals surface area contributed by atoms with Crippen LogP contribution in [-0.2, 0) is 11.3 Å². The molecule has 2 aliphatic heterocycles. The summed E-state index contributed by atoms with van der Waals surface area (Å²) >= 11 is 7.17. The zero-order chi connectivity index (χ0) is 30.0. The number of fused-ring (bicyclic) bond motifs is 1. The van der Waals surface area contributed by atoms with Gasteiger partial charge in [-0.15, -0.1) is 0 Å². The van der Waals surface area contributed by atoms with Crippen molar-refractivity contribution in [2.24, 2.45) is 0 Å². The molecule has 1 fully saturated rings. The molecule has 220 valence electrons. The van der Waals surface area contributed by atoms with Crippen molar-refractivity contribution in [2.45, 2.75) is 45.4 Å². The number of carbonyl (C=O) groups excluding carboxylic acids is 1. The summed E-state index contributed by atoms with van der Waals surface area (Å²) < 4.78 is 10.1. The average Bonchev–Trinajstić information content (AvgIpc) is 3.69. The van der Waals surface area contributed by atoms with Gasteiger partial charge >= 0.3 is 5.69 Å². The number of anilines is 1. The highest BCUT2D eigenvalue weighted by atomic mass is 35.5. The Bertz CT molecular complexity index is 1960. The summed E-state index contributed by atoms with van der Waals surface area (Å²) in [7, 11) is 0. The van der Waals surface area contributed by atoms with E-state index in [-0.39, 0.29) is 36.3 Å². The summed E-state index contributed by atoms with van der Waals surface area (Å²) in [6.45, 7) is 11.3. The fourth-order valence-electron chi connectivity index (χ4n) is 6.57. The van der Waals surface area contributed by atoms with Crippen molar-refractivity contribution < 1.29 is 9.53 Å². The summed E-state index contributed by atoms with van der Waals surface area (Å²) in [4.78, 5) is 35.1. The Kier molecular flexibility index (Phi) is 6.50. The highest BCUT2D eigenvalue weighted by Crippen LogP contribution is 2.49. The quantitative estimate of drug-likeness (QED) is 0.299. The molecule has 7 rings (SSSR count). The number of nitrogens with one attached hydrogen (secondary N) is 1. The minimum atomic E-state index is -0.375. The van der Waals surface area contributed by atoms with Crippen LogP contribution in [0, 0.1) is 6.92 Å². The van der Waals surface area contributed by atoms with Crippen molar-refractivity contribution >= 4 is 45.1 Å². The maximum absolute atomic E-state index is 14.0. The van der Waals surface area contributed by atoms with Gasteiger partial charge in [-0.3, -0.25) is 19.1 Å². The molecule has 43 heavy (non-hydrogen) atoms. The van der Waals surface area contributed by atoms with Gasteiger partial charge in [-0.25, -0.2) is 4.79 Å². The van der Waals surface area contributed by atoms with E-state index in [9.17, 15) is 9.59 Å². The van der Waals surface area contributed by atoms with E-state index in [1.165, 1.54) is 6.08 Å². The maximum atomic E-state index is 14.0. The number of ether oxygens (including phenoxy) is 1. The molecule has 0 unspecified atom stereocenters. The van der Waals surface area contributed by atoms with Crippen molar-refractivity contribution in [3.05, 3.63) is 76.6 Å². The molecule has 12 heteroatoms. The van der Waals surface area contributed by atoms with E-state index >= 15 is 0 Å². The van der Waals surface area contributed by atoms with Gasteiger partial charge in [-0.2, -0.15) is 15.2 Å². The normalized spacial score (nSPS) is 20.0. The molecule has 3 aromatic heterocycles. The number of H-pyrrole nitrogens is 1. The second-order valence-corrected chi connectivity index (χ2v) is 11.8. The lowest BCUT2D eigenvalue weighted by Crippen LogP contribution is -2.58. The standard InChI is InChI=1S/C31H31ClN8O3/c1-5-25(41)38-13-19(4)39(14-18(38)3)30-21-11-23(32)27(26-17(2)7-8-24-22(26)12-33-36-24)29-28(21)40(31(42)35-30)20(16-43-29)15-37-10-6-9-34-37/h5-12,18-20H,1,13-16H2,2-4H3,(H,33,36)/t18-,19+,20-/m1/s1. The summed E-state index contributed by atoms with van der Waals surface area (Å²) in [5.41, 5.74) is 3.75. The molecule has 2 aromatic carbocycles. The summed E-state index contributed by atoms with van der Waals surface area (Å²) in [6, 6.07) is 7.17. The lowest BCUT2D eigenvalue weighted by Gasteiger charge is -2.45. The second-order valence-electron chi connectivity index (χ2n) is 11.4. The third kappa shape index (κ3) is 4.29. The van der Waals surface area contributed by atoms with Crippen LogP contribution in [0.15, 0.2) is 60.3 Å². The molecular formula is C31H31ClN8O3. The zero-order valence-corrected chi connectivity index (χ0v) is 24.9. The van der Waals surface area contributed by atoms with E-state index in [2.05, 4.69) is 31.8 Å². The van der Waals surface area contributed by atoms with Gasteiger partial charge in [0.2, 0.25) is 5.91 Å². The van der Waals surface area contributed by atoms with E-state index in [4.69, 9.17) is 16.3 Å². The number of hydrogen-bond donors (Lipinski definition) is 1. The molecule has 1 N–H and O–H groups in total. The number of nitrogens with zero attached hydrogens (tertiary/aromatic N) is 7. The third-order valence-electron chi connectivity index (χ3n) is 8.64. The van der Waals surface area contributed by atoms with Crippen molar-refractivity contribution in [1.82, 2.24) is 34.4 Å². The molecule has 5 heterocycles. The van der Waals surface area contributed by atoms with Gasteiger partial charge in [0.15, 0.2) is 5.75 Å². The molecular weight excluding hydrogens is 568 g/mol. The highest BCUT2D eigenvalue weighted by molar-refractivity contribution is 6.35. The van der Waals surface area contributed by atoms with Crippen LogP contribution >= 0.6 is 11.6 Å². The summed E-state index contributed by atoms with van der Waals surface area (Å²) in [5.74, 6) is 0.950. The third-order valence-corrected chi connectivity index (χ3v) is 8.94. The van der Waals surface area contributed by atoms with E-state index in [1.54, 1.807) is 26.5 Å². The smallest absolute Gasteiger partial charge is 0.350 e. The van der Waals surface area contributed by atoms with Crippen LogP contribution < -0.4 is 15.3 Å². The number of benzene rings is 2.